The van der Waals surface area contributed by atoms with E-state index in [-0.39, 0.29) is 11.3 Å². The molecule has 6 heteroatoms. The molecule has 0 bridgehead atoms. The molecule has 0 atom stereocenters. The van der Waals surface area contributed by atoms with E-state index in [9.17, 15) is 23.1 Å². The van der Waals surface area contributed by atoms with E-state index in [1.807, 2.05) is 0 Å². The van der Waals surface area contributed by atoms with Gasteiger partial charge in [0.25, 0.3) is 0 Å². The minimum Gasteiger partial charge on any atom is -0.478 e. The lowest BCUT2D eigenvalue weighted by Gasteiger charge is -2.10. The van der Waals surface area contributed by atoms with Gasteiger partial charge < -0.3 is 5.11 Å². The Balaban J connectivity index is 2.19. The van der Waals surface area contributed by atoms with E-state index in [4.69, 9.17) is 0 Å². The first-order valence-corrected chi connectivity index (χ1v) is 7.39. The van der Waals surface area contributed by atoms with Gasteiger partial charge >= 0.3 is 12.1 Å². The Morgan fingerprint density at radius 3 is 2.55 bits per heavy atom. The van der Waals surface area contributed by atoms with E-state index in [1.54, 1.807) is 31.2 Å². The van der Waals surface area contributed by atoms with Gasteiger partial charge in [-0.1, -0.05) is 29.8 Å². The monoisotopic (exact) mass is 326 g/mol. The van der Waals surface area contributed by atoms with Crippen LogP contribution in [0.2, 0.25) is 0 Å². The summed E-state index contributed by atoms with van der Waals surface area (Å²) in [4.78, 5) is 11.7. The van der Waals surface area contributed by atoms with Gasteiger partial charge in [0.2, 0.25) is 0 Å². The Morgan fingerprint density at radius 1 is 1.18 bits per heavy atom. The molecule has 2 nitrogen and oxygen atoms in total. The molecule has 2 aromatic carbocycles. The van der Waals surface area contributed by atoms with Crippen LogP contribution in [0.5, 0.6) is 0 Å². The number of thioether (sulfide) groups is 1. The number of benzene rings is 2. The summed E-state index contributed by atoms with van der Waals surface area (Å²) in [5.41, 5.74) is 0.780. The minimum absolute atomic E-state index is 0.164. The number of carboxylic acid groups (broad SMARTS) is 1. The molecular formula is C16H13F3O2S. The van der Waals surface area contributed by atoms with E-state index in [2.05, 4.69) is 0 Å². The highest BCUT2D eigenvalue weighted by atomic mass is 32.2. The summed E-state index contributed by atoms with van der Waals surface area (Å²) in [6, 6.07) is 10.1. The van der Waals surface area contributed by atoms with Crippen LogP contribution in [0.1, 0.15) is 27.0 Å². The molecule has 0 aliphatic rings. The summed E-state index contributed by atoms with van der Waals surface area (Å²) in [5.74, 6) is -0.775. The highest BCUT2D eigenvalue weighted by molar-refractivity contribution is 7.98. The van der Waals surface area contributed by atoms with Crippen molar-refractivity contribution in [3.8, 4) is 0 Å². The molecule has 22 heavy (non-hydrogen) atoms. The molecule has 0 spiro atoms. The first kappa shape index (κ1) is 16.4. The van der Waals surface area contributed by atoms with Crippen molar-refractivity contribution in [2.75, 3.05) is 0 Å². The molecule has 2 rings (SSSR count). The quantitative estimate of drug-likeness (QED) is 0.803. The molecular weight excluding hydrogens is 313 g/mol. The van der Waals surface area contributed by atoms with Crippen molar-refractivity contribution in [2.45, 2.75) is 23.7 Å². The van der Waals surface area contributed by atoms with Crippen LogP contribution in [0.25, 0.3) is 0 Å². The zero-order valence-electron chi connectivity index (χ0n) is 11.6. The fourth-order valence-electron chi connectivity index (χ4n) is 1.94. The van der Waals surface area contributed by atoms with Gasteiger partial charge in [-0.25, -0.2) is 4.79 Å². The summed E-state index contributed by atoms with van der Waals surface area (Å²) in [6.07, 6.45) is -4.38. The second-order valence-corrected chi connectivity index (χ2v) is 5.81. The number of hydrogen-bond donors (Lipinski definition) is 1. The fraction of sp³-hybridized carbons (Fsp3) is 0.188. The number of alkyl halides is 3. The zero-order chi connectivity index (χ0) is 16.3. The Bertz CT molecular complexity index is 696. The normalized spacial score (nSPS) is 11.5. The van der Waals surface area contributed by atoms with Crippen molar-refractivity contribution in [1.29, 1.82) is 0 Å². The van der Waals surface area contributed by atoms with Crippen LogP contribution < -0.4 is 0 Å². The molecule has 1 N–H and O–H groups in total. The third-order valence-electron chi connectivity index (χ3n) is 3.01. The van der Waals surface area contributed by atoms with Crippen molar-refractivity contribution >= 4 is 17.7 Å². The number of carboxylic acids is 1. The molecule has 0 amide bonds. The van der Waals surface area contributed by atoms with Gasteiger partial charge in [-0.2, -0.15) is 13.2 Å². The van der Waals surface area contributed by atoms with Crippen LogP contribution in [-0.4, -0.2) is 11.1 Å². The summed E-state index contributed by atoms with van der Waals surface area (Å²) in [5, 5.41) is 9.18. The van der Waals surface area contributed by atoms with Gasteiger partial charge in [-0.15, -0.1) is 11.8 Å². The van der Waals surface area contributed by atoms with E-state index in [0.29, 0.717) is 10.5 Å². The van der Waals surface area contributed by atoms with Crippen molar-refractivity contribution in [3.63, 3.8) is 0 Å². The molecule has 0 aliphatic heterocycles. The average molecular weight is 326 g/mol. The first-order valence-electron chi connectivity index (χ1n) is 6.40. The van der Waals surface area contributed by atoms with Crippen LogP contribution in [0.15, 0.2) is 47.4 Å². The zero-order valence-corrected chi connectivity index (χ0v) is 12.5. The number of aryl methyl sites for hydroxylation is 1. The maximum absolute atomic E-state index is 12.7. The van der Waals surface area contributed by atoms with Crippen molar-refractivity contribution < 1.29 is 23.1 Å². The van der Waals surface area contributed by atoms with E-state index in [1.165, 1.54) is 17.8 Å². The number of halogens is 3. The number of carbonyl (C=O) groups is 1. The molecule has 0 aliphatic carbocycles. The molecule has 0 heterocycles. The topological polar surface area (TPSA) is 37.3 Å². The summed E-state index contributed by atoms with van der Waals surface area (Å²) >= 11 is 1.21. The predicted molar refractivity (Wildman–Crippen MR) is 79.1 cm³/mol. The lowest BCUT2D eigenvalue weighted by Crippen LogP contribution is -2.05. The maximum atomic E-state index is 12.7. The van der Waals surface area contributed by atoms with Crippen LogP contribution in [0.3, 0.4) is 0 Å². The number of hydrogen-bond acceptors (Lipinski definition) is 2. The van der Waals surface area contributed by atoms with Gasteiger partial charge in [0, 0.05) is 10.6 Å². The van der Waals surface area contributed by atoms with Gasteiger partial charge in [0.15, 0.2) is 0 Å². The molecule has 0 unspecified atom stereocenters. The lowest BCUT2D eigenvalue weighted by molar-refractivity contribution is -0.137. The molecule has 0 saturated heterocycles. The molecule has 0 radical (unpaired) electrons. The minimum atomic E-state index is -4.38. The number of aromatic carboxylic acids is 1. The average Bonchev–Trinajstić information content (AvgIpc) is 2.45. The van der Waals surface area contributed by atoms with Crippen LogP contribution in [-0.2, 0) is 11.9 Å². The van der Waals surface area contributed by atoms with Gasteiger partial charge in [-0.3, -0.25) is 0 Å². The van der Waals surface area contributed by atoms with E-state index in [0.717, 1.165) is 17.7 Å². The van der Waals surface area contributed by atoms with Gasteiger partial charge in [0.1, 0.15) is 0 Å². The highest BCUT2D eigenvalue weighted by Gasteiger charge is 2.30. The van der Waals surface area contributed by atoms with Crippen molar-refractivity contribution in [2.24, 2.45) is 0 Å². The van der Waals surface area contributed by atoms with Crippen LogP contribution >= 0.6 is 11.8 Å². The second kappa shape index (κ2) is 6.44. The lowest BCUT2D eigenvalue weighted by atomic mass is 10.1. The van der Waals surface area contributed by atoms with Crippen LogP contribution in [0.4, 0.5) is 13.2 Å². The SMILES string of the molecule is Cc1ccc(SCc2cccc(C(F)(F)F)c2)c(C(=O)O)c1. The largest absolute Gasteiger partial charge is 0.478 e. The third kappa shape index (κ3) is 4.04. The van der Waals surface area contributed by atoms with Crippen molar-refractivity contribution in [3.05, 3.63) is 64.7 Å². The van der Waals surface area contributed by atoms with Crippen molar-refractivity contribution in [1.82, 2.24) is 0 Å². The number of rotatable bonds is 4. The first-order chi connectivity index (χ1) is 10.3. The highest BCUT2D eigenvalue weighted by Crippen LogP contribution is 2.32. The summed E-state index contributed by atoms with van der Waals surface area (Å²) in [7, 11) is 0. The molecule has 116 valence electrons. The molecule has 0 fully saturated rings. The third-order valence-corrected chi connectivity index (χ3v) is 4.16. The Labute approximate surface area is 130 Å². The second-order valence-electron chi connectivity index (χ2n) is 4.79. The van der Waals surface area contributed by atoms with Gasteiger partial charge in [0.05, 0.1) is 11.1 Å². The van der Waals surface area contributed by atoms with E-state index >= 15 is 0 Å². The predicted octanol–water partition coefficient (Wildman–Crippen LogP) is 5.00. The Kier molecular flexibility index (Phi) is 4.81. The smallest absolute Gasteiger partial charge is 0.416 e. The van der Waals surface area contributed by atoms with E-state index < -0.39 is 17.7 Å². The Morgan fingerprint density at radius 2 is 1.91 bits per heavy atom. The van der Waals surface area contributed by atoms with Gasteiger partial charge in [-0.05, 0) is 30.7 Å². The summed E-state index contributed by atoms with van der Waals surface area (Å²) in [6.45, 7) is 1.79. The standard InChI is InChI=1S/C16H13F3O2S/c1-10-5-6-14(13(7-10)15(20)21)22-9-11-3-2-4-12(8-11)16(17,18)19/h2-8H,9H2,1H3,(H,20,21). The summed E-state index contributed by atoms with van der Waals surface area (Å²) < 4.78 is 38.0. The fourth-order valence-corrected chi connectivity index (χ4v) is 2.90. The molecule has 0 aromatic heterocycles. The Hall–Kier alpha value is -1.95. The maximum Gasteiger partial charge on any atom is 0.416 e. The molecule has 0 saturated carbocycles. The molecule has 2 aromatic rings. The van der Waals surface area contributed by atoms with Crippen LogP contribution in [0, 0.1) is 6.92 Å².